The Morgan fingerprint density at radius 3 is 2.93 bits per heavy atom. The van der Waals surface area contributed by atoms with Crippen molar-refractivity contribution in [1.29, 1.82) is 0 Å². The number of nitrogens with zero attached hydrogens (tertiary/aromatic N) is 2. The van der Waals surface area contributed by atoms with Gasteiger partial charge in [0.25, 0.3) is 0 Å². The highest BCUT2D eigenvalue weighted by Gasteiger charge is 2.08. The van der Waals surface area contributed by atoms with E-state index in [-0.39, 0.29) is 5.82 Å². The van der Waals surface area contributed by atoms with Gasteiger partial charge in [0, 0.05) is 24.5 Å². The number of halogens is 1. The fourth-order valence-corrected chi connectivity index (χ4v) is 1.64. The molecule has 0 aliphatic heterocycles. The molecule has 0 fully saturated rings. The van der Waals surface area contributed by atoms with E-state index in [9.17, 15) is 4.39 Å². The van der Waals surface area contributed by atoms with Gasteiger partial charge in [-0.2, -0.15) is 5.10 Å². The van der Waals surface area contributed by atoms with E-state index in [1.165, 1.54) is 12.1 Å². The molecule has 74 valence electrons. The normalized spacial score (nSPS) is 11.1. The number of hydrogen-bond acceptors (Lipinski definition) is 2. The summed E-state index contributed by atoms with van der Waals surface area (Å²) < 4.78 is 14.7. The predicted molar refractivity (Wildman–Crippen MR) is 53.3 cm³/mol. The van der Waals surface area contributed by atoms with Crippen molar-refractivity contribution in [2.75, 3.05) is 0 Å². The van der Waals surface area contributed by atoms with E-state index in [1.54, 1.807) is 6.07 Å². The molecule has 0 aliphatic rings. The largest absolute Gasteiger partial charge is 0.325 e. The van der Waals surface area contributed by atoms with Gasteiger partial charge in [-0.25, -0.2) is 4.39 Å². The molecule has 0 amide bonds. The summed E-state index contributed by atoms with van der Waals surface area (Å²) in [6.07, 6.45) is 0. The maximum Gasteiger partial charge on any atom is 0.125 e. The minimum atomic E-state index is -0.262. The molecule has 3 nitrogen and oxygen atoms in total. The molecule has 1 aromatic carbocycles. The van der Waals surface area contributed by atoms with Crippen molar-refractivity contribution in [3.63, 3.8) is 0 Å². The van der Waals surface area contributed by atoms with E-state index in [0.29, 0.717) is 12.1 Å². The molecule has 2 aromatic rings. The van der Waals surface area contributed by atoms with E-state index >= 15 is 0 Å². The SMILES string of the molecule is CCn1nc2cc(F)ccc2c1CN. The molecule has 2 N–H and O–H groups in total. The summed E-state index contributed by atoms with van der Waals surface area (Å²) in [5, 5.41) is 5.20. The van der Waals surface area contributed by atoms with Crippen LogP contribution in [0.4, 0.5) is 4.39 Å². The van der Waals surface area contributed by atoms with E-state index in [2.05, 4.69) is 5.10 Å². The van der Waals surface area contributed by atoms with Gasteiger partial charge < -0.3 is 5.73 Å². The Bertz CT molecular complexity index is 462. The number of fused-ring (bicyclic) bond motifs is 1. The highest BCUT2D eigenvalue weighted by molar-refractivity contribution is 5.81. The molecule has 14 heavy (non-hydrogen) atoms. The monoisotopic (exact) mass is 193 g/mol. The molecule has 0 unspecified atom stereocenters. The van der Waals surface area contributed by atoms with Gasteiger partial charge in [-0.3, -0.25) is 4.68 Å². The Kier molecular flexibility index (Phi) is 2.21. The topological polar surface area (TPSA) is 43.8 Å². The Morgan fingerprint density at radius 1 is 1.50 bits per heavy atom. The predicted octanol–water partition coefficient (Wildman–Crippen LogP) is 1.65. The third kappa shape index (κ3) is 1.28. The third-order valence-electron chi connectivity index (χ3n) is 2.30. The van der Waals surface area contributed by atoms with Gasteiger partial charge in [0.15, 0.2) is 0 Å². The van der Waals surface area contributed by atoms with Crippen molar-refractivity contribution < 1.29 is 4.39 Å². The lowest BCUT2D eigenvalue weighted by Gasteiger charge is -2.00. The first-order chi connectivity index (χ1) is 6.76. The molecule has 1 aromatic heterocycles. The summed E-state index contributed by atoms with van der Waals surface area (Å²) >= 11 is 0. The third-order valence-corrected chi connectivity index (χ3v) is 2.30. The van der Waals surface area contributed by atoms with E-state index < -0.39 is 0 Å². The van der Waals surface area contributed by atoms with Crippen LogP contribution in [0.2, 0.25) is 0 Å². The lowest BCUT2D eigenvalue weighted by atomic mass is 10.2. The summed E-state index contributed by atoms with van der Waals surface area (Å²) in [7, 11) is 0. The first-order valence-electron chi connectivity index (χ1n) is 4.61. The summed E-state index contributed by atoms with van der Waals surface area (Å²) in [6.45, 7) is 3.17. The van der Waals surface area contributed by atoms with Crippen molar-refractivity contribution >= 4 is 10.9 Å². The molecule has 0 atom stereocenters. The molecule has 0 saturated heterocycles. The molecule has 1 heterocycles. The number of rotatable bonds is 2. The number of aromatic nitrogens is 2. The molecule has 0 spiro atoms. The fraction of sp³-hybridized carbons (Fsp3) is 0.300. The van der Waals surface area contributed by atoms with Crippen LogP contribution >= 0.6 is 0 Å². The zero-order chi connectivity index (χ0) is 10.1. The van der Waals surface area contributed by atoms with Gasteiger partial charge >= 0.3 is 0 Å². The Morgan fingerprint density at radius 2 is 2.29 bits per heavy atom. The summed E-state index contributed by atoms with van der Waals surface area (Å²) in [6, 6.07) is 4.59. The number of aryl methyl sites for hydroxylation is 1. The lowest BCUT2D eigenvalue weighted by Crippen LogP contribution is -2.07. The van der Waals surface area contributed by atoms with Crippen LogP contribution in [0.1, 0.15) is 12.6 Å². The molecular formula is C10H12FN3. The van der Waals surface area contributed by atoms with Crippen LogP contribution in [0.5, 0.6) is 0 Å². The van der Waals surface area contributed by atoms with Gasteiger partial charge in [0.1, 0.15) is 5.82 Å². The van der Waals surface area contributed by atoms with Gasteiger partial charge in [0.05, 0.1) is 11.2 Å². The zero-order valence-electron chi connectivity index (χ0n) is 8.00. The van der Waals surface area contributed by atoms with Crippen LogP contribution < -0.4 is 5.73 Å². The standard InChI is InChI=1S/C10H12FN3/c1-2-14-10(6-12)8-4-3-7(11)5-9(8)13-14/h3-5H,2,6,12H2,1H3. The van der Waals surface area contributed by atoms with Crippen LogP contribution in [-0.2, 0) is 13.1 Å². The maximum absolute atomic E-state index is 12.9. The average molecular weight is 193 g/mol. The Labute approximate surface area is 81.3 Å². The van der Waals surface area contributed by atoms with Crippen molar-refractivity contribution in [2.24, 2.45) is 5.73 Å². The second kappa shape index (κ2) is 3.38. The molecule has 0 aliphatic carbocycles. The second-order valence-corrected chi connectivity index (χ2v) is 3.13. The van der Waals surface area contributed by atoms with E-state index in [0.717, 1.165) is 17.6 Å². The lowest BCUT2D eigenvalue weighted by molar-refractivity contribution is 0.623. The average Bonchev–Trinajstić information content (AvgIpc) is 2.54. The summed E-state index contributed by atoms with van der Waals surface area (Å²) in [5.74, 6) is -0.262. The van der Waals surface area contributed by atoms with Gasteiger partial charge in [0.2, 0.25) is 0 Å². The number of nitrogens with two attached hydrogens (primary N) is 1. The van der Waals surface area contributed by atoms with Crippen molar-refractivity contribution in [3.05, 3.63) is 29.7 Å². The van der Waals surface area contributed by atoms with E-state index in [4.69, 9.17) is 5.73 Å². The van der Waals surface area contributed by atoms with Crippen molar-refractivity contribution in [3.8, 4) is 0 Å². The molecule has 0 saturated carbocycles. The van der Waals surface area contributed by atoms with Crippen LogP contribution in [0, 0.1) is 5.82 Å². The van der Waals surface area contributed by atoms with Crippen LogP contribution in [-0.4, -0.2) is 9.78 Å². The maximum atomic E-state index is 12.9. The molecule has 0 bridgehead atoms. The molecular weight excluding hydrogens is 181 g/mol. The highest BCUT2D eigenvalue weighted by Crippen LogP contribution is 2.18. The van der Waals surface area contributed by atoms with Crippen LogP contribution in [0.25, 0.3) is 10.9 Å². The van der Waals surface area contributed by atoms with Gasteiger partial charge in [-0.1, -0.05) is 0 Å². The first-order valence-corrected chi connectivity index (χ1v) is 4.61. The molecule has 0 radical (unpaired) electrons. The quantitative estimate of drug-likeness (QED) is 0.788. The Balaban J connectivity index is 2.73. The van der Waals surface area contributed by atoms with Gasteiger partial charge in [-0.15, -0.1) is 0 Å². The Hall–Kier alpha value is -1.42. The highest BCUT2D eigenvalue weighted by atomic mass is 19.1. The van der Waals surface area contributed by atoms with Crippen molar-refractivity contribution in [2.45, 2.75) is 20.0 Å². The van der Waals surface area contributed by atoms with E-state index in [1.807, 2.05) is 11.6 Å². The van der Waals surface area contributed by atoms with Gasteiger partial charge in [-0.05, 0) is 19.1 Å². The first kappa shape index (κ1) is 9.15. The molecule has 4 heteroatoms. The zero-order valence-corrected chi connectivity index (χ0v) is 8.00. The number of benzene rings is 1. The van der Waals surface area contributed by atoms with Crippen molar-refractivity contribution in [1.82, 2.24) is 9.78 Å². The van der Waals surface area contributed by atoms with Crippen LogP contribution in [0.3, 0.4) is 0 Å². The summed E-state index contributed by atoms with van der Waals surface area (Å²) in [5.41, 5.74) is 7.25. The number of hydrogen-bond donors (Lipinski definition) is 1. The fourth-order valence-electron chi connectivity index (χ4n) is 1.64. The summed E-state index contributed by atoms with van der Waals surface area (Å²) in [4.78, 5) is 0. The molecule has 2 rings (SSSR count). The van der Waals surface area contributed by atoms with Crippen LogP contribution in [0.15, 0.2) is 18.2 Å². The second-order valence-electron chi connectivity index (χ2n) is 3.13. The smallest absolute Gasteiger partial charge is 0.125 e. The minimum absolute atomic E-state index is 0.262. The minimum Gasteiger partial charge on any atom is -0.325 e.